The first-order valence-electron chi connectivity index (χ1n) is 5.09. The van der Waals surface area contributed by atoms with Gasteiger partial charge in [-0.25, -0.2) is 21.6 Å². The van der Waals surface area contributed by atoms with E-state index in [1.54, 1.807) is 0 Å². The number of sulfonamides is 1. The zero-order valence-electron chi connectivity index (χ0n) is 10.2. The summed E-state index contributed by atoms with van der Waals surface area (Å²) < 4.78 is 48.1. The van der Waals surface area contributed by atoms with E-state index in [0.29, 0.717) is 0 Å². The Morgan fingerprint density at radius 3 is 2.42 bits per heavy atom. The number of rotatable bonds is 5. The van der Waals surface area contributed by atoms with Gasteiger partial charge in [0.15, 0.2) is 0 Å². The van der Waals surface area contributed by atoms with Gasteiger partial charge in [0.1, 0.15) is 14.9 Å². The van der Waals surface area contributed by atoms with Crippen LogP contribution in [-0.2, 0) is 19.9 Å². The van der Waals surface area contributed by atoms with Gasteiger partial charge in [-0.1, -0.05) is 11.6 Å². The second-order valence-electron chi connectivity index (χ2n) is 4.13. The maximum Gasteiger partial charge on any atom is 0.266 e. The number of hydrogen-bond donors (Lipinski definition) is 2. The van der Waals surface area contributed by atoms with E-state index in [-0.39, 0.29) is 15.7 Å². The Bertz CT molecular complexity index is 723. The first kappa shape index (κ1) is 16.2. The van der Waals surface area contributed by atoms with Crippen molar-refractivity contribution < 1.29 is 16.8 Å². The van der Waals surface area contributed by atoms with Gasteiger partial charge in [0, 0.05) is 18.5 Å². The Kier molecular flexibility index (Phi) is 4.77. The lowest BCUT2D eigenvalue weighted by Gasteiger charge is -2.13. The Morgan fingerprint density at radius 1 is 1.37 bits per heavy atom. The van der Waals surface area contributed by atoms with E-state index < -0.39 is 31.5 Å². The summed E-state index contributed by atoms with van der Waals surface area (Å²) in [6.45, 7) is 1.42. The molecule has 1 rings (SSSR count). The van der Waals surface area contributed by atoms with E-state index in [0.717, 1.165) is 18.5 Å². The van der Waals surface area contributed by atoms with Crippen LogP contribution in [0.15, 0.2) is 22.0 Å². The van der Waals surface area contributed by atoms with E-state index >= 15 is 0 Å². The van der Waals surface area contributed by atoms with E-state index in [4.69, 9.17) is 11.6 Å². The predicted octanol–water partition coefficient (Wildman–Crippen LogP) is -0.260. The smallest absolute Gasteiger partial charge is 0.266 e. The van der Waals surface area contributed by atoms with Crippen LogP contribution in [-0.4, -0.2) is 39.9 Å². The largest absolute Gasteiger partial charge is 0.326 e. The third-order valence-corrected chi connectivity index (χ3v) is 5.01. The maximum absolute atomic E-state index is 11.9. The van der Waals surface area contributed by atoms with Gasteiger partial charge in [-0.2, -0.15) is 0 Å². The van der Waals surface area contributed by atoms with Crippen LogP contribution in [0.3, 0.4) is 0 Å². The summed E-state index contributed by atoms with van der Waals surface area (Å²) in [5, 5.41) is -0.265. The van der Waals surface area contributed by atoms with E-state index in [1.165, 1.54) is 6.92 Å². The summed E-state index contributed by atoms with van der Waals surface area (Å²) in [5.41, 5.74) is -0.607. The van der Waals surface area contributed by atoms with Crippen molar-refractivity contribution in [2.24, 2.45) is 0 Å². The third kappa shape index (κ3) is 4.94. The molecule has 2 N–H and O–H groups in total. The molecule has 0 amide bonds. The van der Waals surface area contributed by atoms with Crippen LogP contribution < -0.4 is 10.3 Å². The van der Waals surface area contributed by atoms with Crippen molar-refractivity contribution in [3.05, 3.63) is 27.6 Å². The van der Waals surface area contributed by atoms with Crippen LogP contribution in [0, 0.1) is 0 Å². The van der Waals surface area contributed by atoms with E-state index in [9.17, 15) is 21.6 Å². The molecule has 0 saturated heterocycles. The topological polar surface area (TPSA) is 113 Å². The fourth-order valence-corrected chi connectivity index (χ4v) is 3.98. The van der Waals surface area contributed by atoms with Gasteiger partial charge >= 0.3 is 0 Å². The van der Waals surface area contributed by atoms with Crippen molar-refractivity contribution in [3.8, 4) is 0 Å². The van der Waals surface area contributed by atoms with Gasteiger partial charge < -0.3 is 4.98 Å². The molecule has 0 aliphatic rings. The van der Waals surface area contributed by atoms with Crippen LogP contribution in [0.2, 0.25) is 5.02 Å². The molecule has 10 heteroatoms. The monoisotopic (exact) mass is 328 g/mol. The highest BCUT2D eigenvalue weighted by Crippen LogP contribution is 2.11. The van der Waals surface area contributed by atoms with Crippen molar-refractivity contribution in [3.63, 3.8) is 0 Å². The Labute approximate surface area is 116 Å². The molecule has 19 heavy (non-hydrogen) atoms. The average molecular weight is 329 g/mol. The lowest BCUT2D eigenvalue weighted by atomic mass is 10.4. The highest BCUT2D eigenvalue weighted by atomic mass is 35.5. The molecule has 1 heterocycles. The van der Waals surface area contributed by atoms with Gasteiger partial charge in [-0.05, 0) is 13.0 Å². The predicted molar refractivity (Wildman–Crippen MR) is 71.6 cm³/mol. The van der Waals surface area contributed by atoms with Crippen LogP contribution in [0.1, 0.15) is 6.92 Å². The van der Waals surface area contributed by atoms with Gasteiger partial charge in [-0.3, -0.25) is 4.79 Å². The summed E-state index contributed by atoms with van der Waals surface area (Å²) in [7, 11) is -7.24. The van der Waals surface area contributed by atoms with Gasteiger partial charge in [0.25, 0.3) is 5.56 Å². The highest BCUT2D eigenvalue weighted by Gasteiger charge is 2.20. The fourth-order valence-electron chi connectivity index (χ4n) is 1.41. The van der Waals surface area contributed by atoms with Crippen LogP contribution in [0.4, 0.5) is 0 Å². The number of aromatic nitrogens is 1. The Balaban J connectivity index is 2.99. The summed E-state index contributed by atoms with van der Waals surface area (Å²) >= 11 is 5.53. The van der Waals surface area contributed by atoms with Crippen molar-refractivity contribution in [2.75, 3.05) is 12.0 Å². The summed E-state index contributed by atoms with van der Waals surface area (Å²) in [6, 6.07) is 0.196. The molecule has 0 aliphatic carbocycles. The van der Waals surface area contributed by atoms with Gasteiger partial charge in [0.05, 0.1) is 10.6 Å². The zero-order chi connectivity index (χ0) is 14.8. The number of H-pyrrole nitrogens is 1. The first-order valence-corrected chi connectivity index (χ1v) is 9.02. The van der Waals surface area contributed by atoms with Gasteiger partial charge in [0.2, 0.25) is 10.0 Å². The van der Waals surface area contributed by atoms with Crippen molar-refractivity contribution in [2.45, 2.75) is 17.9 Å². The summed E-state index contributed by atoms with van der Waals surface area (Å²) in [6.07, 6.45) is 2.00. The van der Waals surface area contributed by atoms with Crippen LogP contribution in [0.25, 0.3) is 0 Å². The molecule has 1 atom stereocenters. The second-order valence-corrected chi connectivity index (χ2v) is 8.43. The zero-order valence-corrected chi connectivity index (χ0v) is 12.6. The molecular formula is C9H13ClN2O5S2. The highest BCUT2D eigenvalue weighted by molar-refractivity contribution is 7.91. The van der Waals surface area contributed by atoms with Crippen molar-refractivity contribution in [1.82, 2.24) is 9.71 Å². The molecule has 0 fully saturated rings. The minimum absolute atomic E-state index is 0.238. The standard InChI is InChI=1S/C9H13ClN2O5S2/c1-6(5-18(2,14)15)12-19(16,17)7-3-8(10)9(13)11-4-7/h3-4,6,12H,5H2,1-2H3,(H,11,13). The number of pyridine rings is 1. The molecule has 1 unspecified atom stereocenters. The average Bonchev–Trinajstić information content (AvgIpc) is 2.17. The molecule has 0 saturated carbocycles. The normalized spacial score (nSPS) is 14.3. The number of sulfone groups is 1. The molecule has 0 radical (unpaired) electrons. The van der Waals surface area contributed by atoms with Crippen molar-refractivity contribution >= 4 is 31.5 Å². The number of hydrogen-bond acceptors (Lipinski definition) is 5. The minimum Gasteiger partial charge on any atom is -0.326 e. The second kappa shape index (κ2) is 5.61. The third-order valence-electron chi connectivity index (χ3n) is 2.05. The molecule has 0 spiro atoms. The Morgan fingerprint density at radius 2 is 1.95 bits per heavy atom. The van der Waals surface area contributed by atoms with Crippen LogP contribution >= 0.6 is 11.6 Å². The van der Waals surface area contributed by atoms with E-state index in [1.807, 2.05) is 0 Å². The number of aromatic amines is 1. The molecule has 1 aromatic heterocycles. The maximum atomic E-state index is 11.9. The van der Waals surface area contributed by atoms with Crippen LogP contribution in [0.5, 0.6) is 0 Å². The van der Waals surface area contributed by atoms with E-state index in [2.05, 4.69) is 9.71 Å². The summed E-state index contributed by atoms with van der Waals surface area (Å²) in [4.78, 5) is 13.0. The number of nitrogens with one attached hydrogen (secondary N) is 2. The molecule has 0 bridgehead atoms. The fraction of sp³-hybridized carbons (Fsp3) is 0.444. The summed E-state index contributed by atoms with van der Waals surface area (Å²) in [5.74, 6) is -0.330. The molecule has 0 aromatic carbocycles. The molecule has 0 aliphatic heterocycles. The molecular weight excluding hydrogens is 316 g/mol. The van der Waals surface area contributed by atoms with Gasteiger partial charge in [-0.15, -0.1) is 0 Å². The first-order chi connectivity index (χ1) is 8.51. The minimum atomic E-state index is -3.94. The SMILES string of the molecule is CC(CS(C)(=O)=O)NS(=O)(=O)c1c[nH]c(=O)c(Cl)c1. The quantitative estimate of drug-likeness (QED) is 0.773. The molecule has 7 nitrogen and oxygen atoms in total. The molecule has 1 aromatic rings. The lowest BCUT2D eigenvalue weighted by Crippen LogP contribution is -2.37. The lowest BCUT2D eigenvalue weighted by molar-refractivity contribution is 0.564. The Hall–Kier alpha value is -0.900. The van der Waals surface area contributed by atoms with Crippen molar-refractivity contribution in [1.29, 1.82) is 0 Å². The molecule has 108 valence electrons. The number of halogens is 1.